The molecule has 4 aromatic rings. The molecule has 3 aromatic heterocycles. The summed E-state index contributed by atoms with van der Waals surface area (Å²) < 4.78 is 15.7. The van der Waals surface area contributed by atoms with E-state index in [9.17, 15) is 4.39 Å². The fourth-order valence-corrected chi connectivity index (χ4v) is 2.85. The molecule has 26 heavy (non-hydrogen) atoms. The van der Waals surface area contributed by atoms with Gasteiger partial charge in [0.15, 0.2) is 0 Å². The number of pyridine rings is 1. The molecule has 3 heterocycles. The van der Waals surface area contributed by atoms with Gasteiger partial charge in [0.1, 0.15) is 29.6 Å². The topological polar surface area (TPSA) is 94.5 Å². The molecule has 3 N–H and O–H groups in total. The lowest BCUT2D eigenvalue weighted by Crippen LogP contribution is -2.14. The van der Waals surface area contributed by atoms with Gasteiger partial charge in [0.05, 0.1) is 29.0 Å². The molecule has 0 bridgehead atoms. The van der Waals surface area contributed by atoms with Crippen LogP contribution in [0.25, 0.3) is 16.7 Å². The van der Waals surface area contributed by atoms with Crippen molar-refractivity contribution in [2.75, 3.05) is 11.1 Å². The minimum Gasteiger partial charge on any atom is -0.384 e. The molecule has 1 atom stereocenters. The van der Waals surface area contributed by atoms with Crippen molar-refractivity contribution in [3.05, 3.63) is 66.8 Å². The van der Waals surface area contributed by atoms with E-state index in [1.54, 1.807) is 24.5 Å². The van der Waals surface area contributed by atoms with Crippen molar-refractivity contribution >= 4 is 22.7 Å². The largest absolute Gasteiger partial charge is 0.384 e. The van der Waals surface area contributed by atoms with E-state index < -0.39 is 0 Å². The SMILES string of the molecule is C[C@H](Nc1cc(N)ncn1)c1nc2ccc(F)cc2n1-c1cccnc1. The third-order valence-corrected chi connectivity index (χ3v) is 3.99. The van der Waals surface area contributed by atoms with Crippen molar-refractivity contribution < 1.29 is 4.39 Å². The predicted molar refractivity (Wildman–Crippen MR) is 97.3 cm³/mol. The van der Waals surface area contributed by atoms with Gasteiger partial charge in [0.25, 0.3) is 0 Å². The van der Waals surface area contributed by atoms with Crippen LogP contribution in [0.2, 0.25) is 0 Å². The summed E-state index contributed by atoms with van der Waals surface area (Å²) in [5.41, 5.74) is 7.87. The predicted octanol–water partition coefficient (Wildman–Crippen LogP) is 3.10. The van der Waals surface area contributed by atoms with Crippen molar-refractivity contribution in [3.63, 3.8) is 0 Å². The summed E-state index contributed by atoms with van der Waals surface area (Å²) in [7, 11) is 0. The van der Waals surface area contributed by atoms with E-state index in [1.165, 1.54) is 18.5 Å². The molecule has 8 heteroatoms. The zero-order chi connectivity index (χ0) is 18.1. The first-order chi connectivity index (χ1) is 12.6. The Kier molecular flexibility index (Phi) is 3.92. The van der Waals surface area contributed by atoms with Crippen LogP contribution in [-0.2, 0) is 0 Å². The number of hydrogen-bond acceptors (Lipinski definition) is 6. The second-order valence-corrected chi connectivity index (χ2v) is 5.84. The van der Waals surface area contributed by atoms with Crippen LogP contribution in [0.5, 0.6) is 0 Å². The minimum absolute atomic E-state index is 0.222. The Morgan fingerprint density at radius 1 is 1.19 bits per heavy atom. The van der Waals surface area contributed by atoms with Gasteiger partial charge in [-0.3, -0.25) is 9.55 Å². The number of aromatic nitrogens is 5. The van der Waals surface area contributed by atoms with E-state index in [4.69, 9.17) is 5.73 Å². The first-order valence-corrected chi connectivity index (χ1v) is 8.04. The molecule has 0 saturated heterocycles. The van der Waals surface area contributed by atoms with Crippen LogP contribution < -0.4 is 11.1 Å². The molecule has 1 aromatic carbocycles. The molecule has 130 valence electrons. The van der Waals surface area contributed by atoms with Crippen LogP contribution in [0, 0.1) is 5.82 Å². The Labute approximate surface area is 148 Å². The second kappa shape index (κ2) is 6.40. The average Bonchev–Trinajstić information content (AvgIpc) is 3.01. The highest BCUT2D eigenvalue weighted by Crippen LogP contribution is 2.27. The highest BCUT2D eigenvalue weighted by atomic mass is 19.1. The number of fused-ring (bicyclic) bond motifs is 1. The lowest BCUT2D eigenvalue weighted by atomic mass is 10.2. The first-order valence-electron chi connectivity index (χ1n) is 8.04. The van der Waals surface area contributed by atoms with Gasteiger partial charge in [-0.2, -0.15) is 0 Å². The van der Waals surface area contributed by atoms with Crippen LogP contribution in [0.4, 0.5) is 16.0 Å². The molecule has 7 nitrogen and oxygen atoms in total. The van der Waals surface area contributed by atoms with E-state index in [0.29, 0.717) is 28.5 Å². The van der Waals surface area contributed by atoms with Crippen molar-refractivity contribution in [1.82, 2.24) is 24.5 Å². The highest BCUT2D eigenvalue weighted by molar-refractivity contribution is 5.78. The van der Waals surface area contributed by atoms with Crippen LogP contribution in [-0.4, -0.2) is 24.5 Å². The summed E-state index contributed by atoms with van der Waals surface area (Å²) >= 11 is 0. The maximum atomic E-state index is 13.8. The maximum absolute atomic E-state index is 13.8. The molecule has 0 amide bonds. The number of benzene rings is 1. The van der Waals surface area contributed by atoms with E-state index in [-0.39, 0.29) is 11.9 Å². The molecule has 0 aliphatic carbocycles. The summed E-state index contributed by atoms with van der Waals surface area (Å²) in [6.07, 6.45) is 4.79. The number of anilines is 2. The lowest BCUT2D eigenvalue weighted by Gasteiger charge is -2.16. The monoisotopic (exact) mass is 349 g/mol. The van der Waals surface area contributed by atoms with E-state index in [2.05, 4.69) is 25.3 Å². The zero-order valence-electron chi connectivity index (χ0n) is 14.0. The first kappa shape index (κ1) is 15.9. The molecule has 0 aliphatic heterocycles. The fraction of sp³-hybridized carbons (Fsp3) is 0.111. The third-order valence-electron chi connectivity index (χ3n) is 3.99. The van der Waals surface area contributed by atoms with E-state index in [0.717, 1.165) is 5.69 Å². The summed E-state index contributed by atoms with van der Waals surface area (Å²) in [6, 6.07) is 9.68. The number of nitrogens with two attached hydrogens (primary N) is 1. The third kappa shape index (κ3) is 2.92. The van der Waals surface area contributed by atoms with Crippen LogP contribution in [0.3, 0.4) is 0 Å². The Morgan fingerprint density at radius 2 is 2.08 bits per heavy atom. The van der Waals surface area contributed by atoms with Gasteiger partial charge >= 0.3 is 0 Å². The molecule has 0 spiro atoms. The molecule has 0 aliphatic rings. The van der Waals surface area contributed by atoms with Gasteiger partial charge in [-0.15, -0.1) is 0 Å². The quantitative estimate of drug-likeness (QED) is 0.588. The van der Waals surface area contributed by atoms with Crippen LogP contribution in [0.15, 0.2) is 55.1 Å². The Balaban J connectivity index is 1.83. The molecular weight excluding hydrogens is 333 g/mol. The normalized spacial score (nSPS) is 12.2. The number of nitrogens with zero attached hydrogens (tertiary/aromatic N) is 5. The molecule has 0 fully saturated rings. The van der Waals surface area contributed by atoms with Crippen LogP contribution in [0.1, 0.15) is 18.8 Å². The number of rotatable bonds is 4. The standard InChI is InChI=1S/C18H16FN7/c1-11(24-17-8-16(20)22-10-23-17)18-25-14-5-4-12(19)7-15(14)26(18)13-3-2-6-21-9-13/h2-11H,1H3,(H3,20,22,23,24)/t11-/m0/s1. The number of nitrogens with one attached hydrogen (secondary N) is 1. The second-order valence-electron chi connectivity index (χ2n) is 5.84. The van der Waals surface area contributed by atoms with Gasteiger partial charge in [0, 0.05) is 18.3 Å². The summed E-state index contributed by atoms with van der Waals surface area (Å²) in [6.45, 7) is 1.95. The summed E-state index contributed by atoms with van der Waals surface area (Å²) in [4.78, 5) is 16.9. The zero-order valence-corrected chi connectivity index (χ0v) is 14.0. The van der Waals surface area contributed by atoms with E-state index >= 15 is 0 Å². The van der Waals surface area contributed by atoms with Crippen molar-refractivity contribution in [1.29, 1.82) is 0 Å². The average molecular weight is 349 g/mol. The van der Waals surface area contributed by atoms with Crippen molar-refractivity contribution in [3.8, 4) is 5.69 Å². The Morgan fingerprint density at radius 3 is 2.85 bits per heavy atom. The van der Waals surface area contributed by atoms with Gasteiger partial charge in [-0.05, 0) is 31.2 Å². The Hall–Kier alpha value is -3.55. The smallest absolute Gasteiger partial charge is 0.136 e. The molecule has 0 saturated carbocycles. The molecule has 4 rings (SSSR count). The molecule has 0 unspecified atom stereocenters. The maximum Gasteiger partial charge on any atom is 0.136 e. The number of imidazole rings is 1. The van der Waals surface area contributed by atoms with Crippen molar-refractivity contribution in [2.24, 2.45) is 0 Å². The summed E-state index contributed by atoms with van der Waals surface area (Å²) in [5, 5.41) is 3.26. The number of nitrogen functional groups attached to an aromatic ring is 1. The van der Waals surface area contributed by atoms with Gasteiger partial charge < -0.3 is 11.1 Å². The molecule has 0 radical (unpaired) electrons. The van der Waals surface area contributed by atoms with Crippen molar-refractivity contribution in [2.45, 2.75) is 13.0 Å². The van der Waals surface area contributed by atoms with Crippen LogP contribution >= 0.6 is 0 Å². The fourth-order valence-electron chi connectivity index (χ4n) is 2.85. The number of halogens is 1. The molecular formula is C18H16FN7. The Bertz CT molecular complexity index is 1060. The van der Waals surface area contributed by atoms with Gasteiger partial charge in [0.2, 0.25) is 0 Å². The van der Waals surface area contributed by atoms with E-state index in [1.807, 2.05) is 23.6 Å². The van der Waals surface area contributed by atoms with Gasteiger partial charge in [-0.25, -0.2) is 19.3 Å². The lowest BCUT2D eigenvalue weighted by molar-refractivity contribution is 0.629. The summed E-state index contributed by atoms with van der Waals surface area (Å²) in [5.74, 6) is 1.34. The highest BCUT2D eigenvalue weighted by Gasteiger charge is 2.19. The van der Waals surface area contributed by atoms with Gasteiger partial charge in [-0.1, -0.05) is 0 Å². The number of hydrogen-bond donors (Lipinski definition) is 2. The minimum atomic E-state index is -0.321.